The summed E-state index contributed by atoms with van der Waals surface area (Å²) in [5.74, 6) is 0.0932. The Balaban J connectivity index is 1.94. The summed E-state index contributed by atoms with van der Waals surface area (Å²) < 4.78 is 16.2. The second-order valence-electron chi connectivity index (χ2n) is 5.94. The normalized spacial score (nSPS) is 15.1. The predicted octanol–water partition coefficient (Wildman–Crippen LogP) is 2.58. The van der Waals surface area contributed by atoms with Gasteiger partial charge in [0.15, 0.2) is 5.75 Å². The summed E-state index contributed by atoms with van der Waals surface area (Å²) in [7, 11) is 1.42. The number of carbonyl (C=O) groups is 1. The van der Waals surface area contributed by atoms with Crippen LogP contribution >= 0.6 is 0 Å². The lowest BCUT2D eigenvalue weighted by Gasteiger charge is -2.30. The Kier molecular flexibility index (Phi) is 5.87. The highest BCUT2D eigenvalue weighted by molar-refractivity contribution is 5.83. The number of rotatable bonds is 6. The van der Waals surface area contributed by atoms with Crippen LogP contribution in [0.4, 0.5) is 5.69 Å². The fourth-order valence-corrected chi connectivity index (χ4v) is 2.83. The van der Waals surface area contributed by atoms with Crippen LogP contribution in [0.25, 0.3) is 0 Å². The quantitative estimate of drug-likeness (QED) is 0.572. The Hall–Kier alpha value is -3.13. The third-order valence-electron chi connectivity index (χ3n) is 4.26. The van der Waals surface area contributed by atoms with E-state index < -0.39 is 11.0 Å². The zero-order valence-corrected chi connectivity index (χ0v) is 14.9. The van der Waals surface area contributed by atoms with Crippen molar-refractivity contribution in [3.8, 4) is 11.5 Å². The lowest BCUT2D eigenvalue weighted by atomic mass is 10.1. The minimum Gasteiger partial charge on any atom is -0.496 e. The van der Waals surface area contributed by atoms with E-state index in [1.165, 1.54) is 19.2 Å². The smallest absolute Gasteiger partial charge is 0.314 e. The van der Waals surface area contributed by atoms with Crippen LogP contribution in [0.15, 0.2) is 48.5 Å². The van der Waals surface area contributed by atoms with E-state index in [0.717, 1.165) is 0 Å². The van der Waals surface area contributed by atoms with Crippen molar-refractivity contribution in [2.75, 3.05) is 33.4 Å². The molecule has 1 aliphatic rings. The van der Waals surface area contributed by atoms with Crippen LogP contribution in [0, 0.1) is 10.1 Å². The van der Waals surface area contributed by atoms with Gasteiger partial charge in [-0.2, -0.15) is 0 Å². The summed E-state index contributed by atoms with van der Waals surface area (Å²) in [6, 6.07) is 13.2. The standard InChI is InChI=1S/C19H20N2O6/c1-25-15-7-8-17(16(13-15)21(23)24)27-18(14-5-3-2-4-6-14)19(22)20-9-11-26-12-10-20/h2-8,13,18H,9-12H2,1H3. The number of methoxy groups -OCH3 is 1. The van der Waals surface area contributed by atoms with Crippen LogP contribution in [0.1, 0.15) is 11.7 Å². The molecule has 3 rings (SSSR count). The van der Waals surface area contributed by atoms with Crippen molar-refractivity contribution in [3.05, 3.63) is 64.2 Å². The molecule has 8 nitrogen and oxygen atoms in total. The maximum absolute atomic E-state index is 13.1. The second-order valence-corrected chi connectivity index (χ2v) is 5.94. The van der Waals surface area contributed by atoms with E-state index in [4.69, 9.17) is 14.2 Å². The number of nitrogens with zero attached hydrogens (tertiary/aromatic N) is 2. The molecule has 1 saturated heterocycles. The molecule has 8 heteroatoms. The van der Waals surface area contributed by atoms with Gasteiger partial charge >= 0.3 is 5.69 Å². The molecule has 1 aliphatic heterocycles. The van der Waals surface area contributed by atoms with Gasteiger partial charge in [-0.25, -0.2) is 0 Å². The maximum atomic E-state index is 13.1. The lowest BCUT2D eigenvalue weighted by Crippen LogP contribution is -2.44. The topological polar surface area (TPSA) is 91.1 Å². The van der Waals surface area contributed by atoms with E-state index in [1.807, 2.05) is 6.07 Å². The Bertz CT molecular complexity index is 805. The Morgan fingerprint density at radius 3 is 2.52 bits per heavy atom. The zero-order chi connectivity index (χ0) is 19.2. The van der Waals surface area contributed by atoms with Gasteiger partial charge in [0.1, 0.15) is 5.75 Å². The van der Waals surface area contributed by atoms with Crippen molar-refractivity contribution >= 4 is 11.6 Å². The molecule has 142 valence electrons. The minimum atomic E-state index is -0.989. The Morgan fingerprint density at radius 1 is 1.19 bits per heavy atom. The molecule has 2 aromatic carbocycles. The molecule has 1 heterocycles. The average Bonchev–Trinajstić information content (AvgIpc) is 2.72. The van der Waals surface area contributed by atoms with Crippen molar-refractivity contribution < 1.29 is 23.9 Å². The van der Waals surface area contributed by atoms with E-state index in [2.05, 4.69) is 0 Å². The number of amides is 1. The fourth-order valence-electron chi connectivity index (χ4n) is 2.83. The van der Waals surface area contributed by atoms with E-state index in [9.17, 15) is 14.9 Å². The van der Waals surface area contributed by atoms with Gasteiger partial charge in [0.05, 0.1) is 31.3 Å². The van der Waals surface area contributed by atoms with Crippen molar-refractivity contribution in [3.63, 3.8) is 0 Å². The third-order valence-corrected chi connectivity index (χ3v) is 4.26. The molecule has 1 amide bonds. The van der Waals surface area contributed by atoms with Crippen molar-refractivity contribution in [2.24, 2.45) is 0 Å². The van der Waals surface area contributed by atoms with Crippen LogP contribution in [-0.2, 0) is 9.53 Å². The summed E-state index contributed by atoms with van der Waals surface area (Å²) in [4.78, 5) is 25.6. The van der Waals surface area contributed by atoms with Gasteiger partial charge < -0.3 is 19.1 Å². The van der Waals surface area contributed by atoms with Gasteiger partial charge in [-0.05, 0) is 12.1 Å². The minimum absolute atomic E-state index is 0.0104. The van der Waals surface area contributed by atoms with Crippen LogP contribution in [0.2, 0.25) is 0 Å². The number of benzene rings is 2. The maximum Gasteiger partial charge on any atom is 0.314 e. The molecular weight excluding hydrogens is 352 g/mol. The van der Waals surface area contributed by atoms with E-state index in [1.54, 1.807) is 35.2 Å². The van der Waals surface area contributed by atoms with Crippen LogP contribution in [-0.4, -0.2) is 49.1 Å². The van der Waals surface area contributed by atoms with Gasteiger partial charge in [0.25, 0.3) is 5.91 Å². The first-order valence-corrected chi connectivity index (χ1v) is 8.50. The van der Waals surface area contributed by atoms with Crippen LogP contribution < -0.4 is 9.47 Å². The number of hydrogen-bond donors (Lipinski definition) is 0. The third kappa shape index (κ3) is 4.35. The summed E-state index contributed by atoms with van der Waals surface area (Å²) in [5.41, 5.74) is 0.365. The van der Waals surface area contributed by atoms with Crippen LogP contribution in [0.3, 0.4) is 0 Å². The highest BCUT2D eigenvalue weighted by Crippen LogP contribution is 2.35. The van der Waals surface area contributed by atoms with Gasteiger partial charge in [-0.3, -0.25) is 14.9 Å². The van der Waals surface area contributed by atoms with Crippen LogP contribution in [0.5, 0.6) is 11.5 Å². The molecule has 0 radical (unpaired) electrons. The number of morpholine rings is 1. The monoisotopic (exact) mass is 372 g/mol. The van der Waals surface area contributed by atoms with Gasteiger partial charge in [-0.1, -0.05) is 30.3 Å². The average molecular weight is 372 g/mol. The lowest BCUT2D eigenvalue weighted by molar-refractivity contribution is -0.386. The molecule has 1 unspecified atom stereocenters. The van der Waals surface area contributed by atoms with E-state index >= 15 is 0 Å². The molecule has 0 aromatic heterocycles. The molecule has 1 atom stereocenters. The number of ether oxygens (including phenoxy) is 3. The number of hydrogen-bond acceptors (Lipinski definition) is 6. The van der Waals surface area contributed by atoms with E-state index in [-0.39, 0.29) is 17.3 Å². The molecule has 0 saturated carbocycles. The Morgan fingerprint density at radius 2 is 1.89 bits per heavy atom. The van der Waals surface area contributed by atoms with Crippen molar-refractivity contribution in [1.29, 1.82) is 0 Å². The molecule has 1 fully saturated rings. The van der Waals surface area contributed by atoms with Gasteiger partial charge in [0.2, 0.25) is 6.10 Å². The molecular formula is C19H20N2O6. The summed E-state index contributed by atoms with van der Waals surface area (Å²) >= 11 is 0. The first-order chi connectivity index (χ1) is 13.1. The number of nitro benzene ring substituents is 1. The Labute approximate surface area is 156 Å². The predicted molar refractivity (Wildman–Crippen MR) is 96.9 cm³/mol. The fraction of sp³-hybridized carbons (Fsp3) is 0.316. The highest BCUT2D eigenvalue weighted by Gasteiger charge is 2.31. The van der Waals surface area contributed by atoms with Gasteiger partial charge in [-0.15, -0.1) is 0 Å². The van der Waals surface area contributed by atoms with Gasteiger partial charge in [0, 0.05) is 18.7 Å². The summed E-state index contributed by atoms with van der Waals surface area (Å²) in [6.07, 6.45) is -0.989. The molecule has 0 spiro atoms. The number of carbonyl (C=O) groups excluding carboxylic acids is 1. The molecule has 27 heavy (non-hydrogen) atoms. The highest BCUT2D eigenvalue weighted by atomic mass is 16.6. The molecule has 0 bridgehead atoms. The molecule has 0 aliphatic carbocycles. The summed E-state index contributed by atoms with van der Waals surface area (Å²) in [5, 5.41) is 11.4. The zero-order valence-electron chi connectivity index (χ0n) is 14.9. The van der Waals surface area contributed by atoms with E-state index in [0.29, 0.717) is 37.6 Å². The number of nitro groups is 1. The SMILES string of the molecule is COc1ccc(OC(C(=O)N2CCOCC2)c2ccccc2)c([N+](=O)[O-])c1. The first kappa shape index (κ1) is 18.7. The second kappa shape index (κ2) is 8.50. The molecule has 2 aromatic rings. The molecule has 0 N–H and O–H groups in total. The van der Waals surface area contributed by atoms with Crippen molar-refractivity contribution in [2.45, 2.75) is 6.10 Å². The van der Waals surface area contributed by atoms with Crippen molar-refractivity contribution in [1.82, 2.24) is 4.90 Å². The largest absolute Gasteiger partial charge is 0.496 e. The summed E-state index contributed by atoms with van der Waals surface area (Å²) in [6.45, 7) is 1.82. The first-order valence-electron chi connectivity index (χ1n) is 8.50.